The number of hydrogen-bond acceptors (Lipinski definition) is 4. The summed E-state index contributed by atoms with van der Waals surface area (Å²) in [6.45, 7) is 4.00. The summed E-state index contributed by atoms with van der Waals surface area (Å²) in [6, 6.07) is 10.4. The molecular weight excluding hydrogens is 242 g/mol. The van der Waals surface area contributed by atoms with Crippen molar-refractivity contribution in [2.24, 2.45) is 0 Å². The highest BCUT2D eigenvalue weighted by molar-refractivity contribution is 8.03. The smallest absolute Gasteiger partial charge is 0.133 e. The summed E-state index contributed by atoms with van der Waals surface area (Å²) in [4.78, 5) is 4.57. The second-order valence-corrected chi connectivity index (χ2v) is 4.97. The van der Waals surface area contributed by atoms with Gasteiger partial charge in [-0.25, -0.2) is 0 Å². The Kier molecular flexibility index (Phi) is 4.54. The van der Waals surface area contributed by atoms with Gasteiger partial charge in [0.2, 0.25) is 0 Å². The Morgan fingerprint density at radius 2 is 1.94 bits per heavy atom. The number of nitrogens with zero attached hydrogens (tertiary/aromatic N) is 3. The van der Waals surface area contributed by atoms with Gasteiger partial charge in [0, 0.05) is 31.2 Å². The molecule has 0 bridgehead atoms. The third-order valence-electron chi connectivity index (χ3n) is 3.09. The van der Waals surface area contributed by atoms with Gasteiger partial charge >= 0.3 is 0 Å². The van der Waals surface area contributed by atoms with Gasteiger partial charge in [0.25, 0.3) is 0 Å². The van der Waals surface area contributed by atoms with Crippen LogP contribution in [0.1, 0.15) is 12.5 Å². The number of thioether (sulfide) groups is 1. The highest BCUT2D eigenvalue weighted by Crippen LogP contribution is 2.21. The van der Waals surface area contributed by atoms with Gasteiger partial charge in [-0.15, -0.1) is 0 Å². The van der Waals surface area contributed by atoms with Crippen molar-refractivity contribution in [3.05, 3.63) is 48.3 Å². The third kappa shape index (κ3) is 2.99. The molecule has 0 fully saturated rings. The van der Waals surface area contributed by atoms with Crippen molar-refractivity contribution < 1.29 is 0 Å². The predicted molar refractivity (Wildman–Crippen MR) is 75.4 cm³/mol. The van der Waals surface area contributed by atoms with E-state index in [1.807, 2.05) is 6.07 Å². The average Bonchev–Trinajstić information content (AvgIpc) is 2.79. The van der Waals surface area contributed by atoms with E-state index >= 15 is 0 Å². The molecule has 3 nitrogen and oxygen atoms in total. The summed E-state index contributed by atoms with van der Waals surface area (Å²) < 4.78 is 0. The average molecular weight is 259 g/mol. The molecular formula is C14H17N3S. The first kappa shape index (κ1) is 12.8. The van der Waals surface area contributed by atoms with Gasteiger partial charge in [-0.2, -0.15) is 5.26 Å². The Balaban J connectivity index is 2.02. The van der Waals surface area contributed by atoms with Crippen molar-refractivity contribution in [2.45, 2.75) is 19.6 Å². The molecule has 1 aliphatic rings. The maximum atomic E-state index is 8.72. The highest BCUT2D eigenvalue weighted by Gasteiger charge is 2.24. The summed E-state index contributed by atoms with van der Waals surface area (Å²) in [7, 11) is 0. The second-order valence-electron chi connectivity index (χ2n) is 4.17. The molecule has 0 saturated carbocycles. The summed E-state index contributed by atoms with van der Waals surface area (Å²) in [5.74, 6) is 0.810. The van der Waals surface area contributed by atoms with Gasteiger partial charge in [-0.1, -0.05) is 30.3 Å². The molecule has 18 heavy (non-hydrogen) atoms. The fourth-order valence-electron chi connectivity index (χ4n) is 2.13. The van der Waals surface area contributed by atoms with Crippen molar-refractivity contribution in [1.82, 2.24) is 9.80 Å². The van der Waals surface area contributed by atoms with E-state index in [9.17, 15) is 0 Å². The van der Waals surface area contributed by atoms with E-state index in [1.165, 1.54) is 17.3 Å². The number of hydrogen-bond donors (Lipinski definition) is 0. The molecule has 4 heteroatoms. The minimum Gasteiger partial charge on any atom is -0.356 e. The number of thiocyanates is 1. The van der Waals surface area contributed by atoms with E-state index in [0.717, 1.165) is 18.8 Å². The normalized spacial score (nSPS) is 18.1. The van der Waals surface area contributed by atoms with Gasteiger partial charge in [0.1, 0.15) is 11.6 Å². The van der Waals surface area contributed by atoms with Crippen LogP contribution in [0.15, 0.2) is 42.7 Å². The van der Waals surface area contributed by atoms with Gasteiger partial charge in [-0.05, 0) is 24.2 Å². The summed E-state index contributed by atoms with van der Waals surface area (Å²) in [5.41, 5.74) is 1.30. The summed E-state index contributed by atoms with van der Waals surface area (Å²) in [6.07, 6.45) is 4.53. The molecule has 0 saturated heterocycles. The minimum absolute atomic E-state index is 0.292. The maximum absolute atomic E-state index is 8.72. The highest BCUT2D eigenvalue weighted by atomic mass is 32.2. The Hall–Kier alpha value is -1.60. The van der Waals surface area contributed by atoms with Crippen molar-refractivity contribution in [1.29, 1.82) is 5.26 Å². The van der Waals surface area contributed by atoms with Crippen LogP contribution in [-0.2, 0) is 6.54 Å². The lowest BCUT2D eigenvalue weighted by molar-refractivity contribution is 0.175. The molecule has 0 N–H and O–H groups in total. The number of nitriles is 1. The van der Waals surface area contributed by atoms with E-state index < -0.39 is 0 Å². The zero-order chi connectivity index (χ0) is 12.8. The molecule has 0 radical (unpaired) electrons. The minimum atomic E-state index is 0.292. The molecule has 1 aromatic rings. The van der Waals surface area contributed by atoms with Crippen LogP contribution in [0.4, 0.5) is 0 Å². The van der Waals surface area contributed by atoms with Crippen LogP contribution in [0, 0.1) is 10.7 Å². The fourth-order valence-corrected chi connectivity index (χ4v) is 2.74. The van der Waals surface area contributed by atoms with E-state index in [4.69, 9.17) is 5.26 Å². The Morgan fingerprint density at radius 3 is 2.61 bits per heavy atom. The quantitative estimate of drug-likeness (QED) is 0.761. The van der Waals surface area contributed by atoms with Gasteiger partial charge < -0.3 is 9.80 Å². The monoisotopic (exact) mass is 259 g/mol. The Labute approximate surface area is 113 Å². The molecule has 1 aliphatic heterocycles. The predicted octanol–water partition coefficient (Wildman–Crippen LogP) is 2.84. The van der Waals surface area contributed by atoms with Gasteiger partial charge in [0.05, 0.1) is 0 Å². The number of rotatable bonds is 5. The van der Waals surface area contributed by atoms with E-state index in [-0.39, 0.29) is 0 Å². The van der Waals surface area contributed by atoms with Crippen molar-refractivity contribution in [2.75, 3.05) is 12.3 Å². The lowest BCUT2D eigenvalue weighted by atomic mass is 10.2. The molecule has 1 unspecified atom stereocenters. The van der Waals surface area contributed by atoms with Crippen LogP contribution < -0.4 is 0 Å². The van der Waals surface area contributed by atoms with E-state index in [1.54, 1.807) is 0 Å². The van der Waals surface area contributed by atoms with Crippen LogP contribution in [0.3, 0.4) is 0 Å². The molecule has 94 valence electrons. The SMILES string of the molecule is CCN1C=CN(Cc2ccccc2)C1CSC#N. The lowest BCUT2D eigenvalue weighted by Crippen LogP contribution is -2.40. The molecule has 0 spiro atoms. The van der Waals surface area contributed by atoms with E-state index in [0.29, 0.717) is 6.17 Å². The van der Waals surface area contributed by atoms with Crippen molar-refractivity contribution >= 4 is 11.8 Å². The molecule has 1 atom stereocenters. The summed E-state index contributed by atoms with van der Waals surface area (Å²) >= 11 is 1.32. The Morgan fingerprint density at radius 1 is 1.22 bits per heavy atom. The van der Waals surface area contributed by atoms with Crippen LogP contribution in [0.2, 0.25) is 0 Å². The van der Waals surface area contributed by atoms with Crippen LogP contribution in [-0.4, -0.2) is 28.3 Å². The van der Waals surface area contributed by atoms with Crippen LogP contribution in [0.25, 0.3) is 0 Å². The largest absolute Gasteiger partial charge is 0.356 e. The topological polar surface area (TPSA) is 30.3 Å². The Bertz CT molecular complexity index is 438. The van der Waals surface area contributed by atoms with Gasteiger partial charge in [-0.3, -0.25) is 0 Å². The zero-order valence-electron chi connectivity index (χ0n) is 10.5. The van der Waals surface area contributed by atoms with Crippen LogP contribution in [0.5, 0.6) is 0 Å². The second kappa shape index (κ2) is 6.36. The molecule has 1 heterocycles. The molecule has 0 aliphatic carbocycles. The standard InChI is InChI=1S/C14H17N3S/c1-2-16-8-9-17(14(16)11-18-12-15)10-13-6-4-3-5-7-13/h3-9,14H,2,10-11H2,1H3. The lowest BCUT2D eigenvalue weighted by Gasteiger charge is -2.31. The fraction of sp³-hybridized carbons (Fsp3) is 0.357. The molecule has 2 rings (SSSR count). The summed E-state index contributed by atoms with van der Waals surface area (Å²) in [5, 5.41) is 10.9. The van der Waals surface area contributed by atoms with Crippen molar-refractivity contribution in [3.8, 4) is 5.40 Å². The first-order valence-electron chi connectivity index (χ1n) is 6.09. The third-order valence-corrected chi connectivity index (χ3v) is 3.68. The molecule has 0 amide bonds. The van der Waals surface area contributed by atoms with E-state index in [2.05, 4.69) is 58.8 Å². The first-order chi connectivity index (χ1) is 8.85. The number of benzene rings is 1. The van der Waals surface area contributed by atoms with Crippen molar-refractivity contribution in [3.63, 3.8) is 0 Å². The molecule has 1 aromatic carbocycles. The van der Waals surface area contributed by atoms with Gasteiger partial charge in [0.15, 0.2) is 0 Å². The first-order valence-corrected chi connectivity index (χ1v) is 7.08. The van der Waals surface area contributed by atoms with Crippen LogP contribution >= 0.6 is 11.8 Å². The maximum Gasteiger partial charge on any atom is 0.133 e. The zero-order valence-corrected chi connectivity index (χ0v) is 11.3. The molecule has 0 aromatic heterocycles.